The highest BCUT2D eigenvalue weighted by Crippen LogP contribution is 2.15. The summed E-state index contributed by atoms with van der Waals surface area (Å²) in [4.78, 5) is 42.6. The van der Waals surface area contributed by atoms with Crippen molar-refractivity contribution in [1.82, 2.24) is 29.7 Å². The lowest BCUT2D eigenvalue weighted by atomic mass is 10.1. The van der Waals surface area contributed by atoms with E-state index in [1.807, 2.05) is 46.7 Å². The molecule has 0 unspecified atom stereocenters. The maximum Gasteiger partial charge on any atom is 0.223 e. The van der Waals surface area contributed by atoms with Gasteiger partial charge in [-0.2, -0.15) is 0 Å². The summed E-state index contributed by atoms with van der Waals surface area (Å²) in [6.07, 6.45) is 12.4. The van der Waals surface area contributed by atoms with Crippen LogP contribution in [0.25, 0.3) is 22.1 Å². The van der Waals surface area contributed by atoms with Crippen LogP contribution >= 0.6 is 0 Å². The summed E-state index contributed by atoms with van der Waals surface area (Å²) in [5.74, 6) is 0.485. The molecule has 9 nitrogen and oxygen atoms in total. The molecule has 2 amide bonds. The Morgan fingerprint density at radius 2 is 1.24 bits per heavy atom. The van der Waals surface area contributed by atoms with Crippen molar-refractivity contribution >= 4 is 33.9 Å². The second-order valence-corrected chi connectivity index (χ2v) is 9.60. The van der Waals surface area contributed by atoms with Crippen LogP contribution in [0.4, 0.5) is 0 Å². The predicted molar refractivity (Wildman–Crippen MR) is 142 cm³/mol. The minimum absolute atomic E-state index is 0.206. The molecule has 0 bridgehead atoms. The van der Waals surface area contributed by atoms with Crippen LogP contribution in [0.5, 0.6) is 0 Å². The van der Waals surface area contributed by atoms with Crippen LogP contribution in [-0.2, 0) is 27.2 Å². The number of ether oxygens (including phenoxy) is 1. The molecule has 2 N–H and O–H groups in total. The van der Waals surface area contributed by atoms with Crippen molar-refractivity contribution in [3.8, 4) is 0 Å². The van der Waals surface area contributed by atoms with E-state index in [9.17, 15) is 9.59 Å². The number of nitrogens with zero attached hydrogens (tertiary/aromatic N) is 4. The number of hydrogen-bond acceptors (Lipinski definition) is 5. The zero-order valence-electron chi connectivity index (χ0n) is 21.1. The number of amides is 2. The highest BCUT2D eigenvalue weighted by atomic mass is 16.5. The van der Waals surface area contributed by atoms with Crippen LogP contribution in [-0.4, -0.2) is 80.9 Å². The number of nitrogens with one attached hydrogen (secondary N) is 2. The third-order valence-corrected chi connectivity index (χ3v) is 6.99. The summed E-state index contributed by atoms with van der Waals surface area (Å²) in [7, 11) is 0. The lowest BCUT2D eigenvalue weighted by molar-refractivity contribution is -0.135. The second-order valence-electron chi connectivity index (χ2n) is 9.60. The van der Waals surface area contributed by atoms with Crippen LogP contribution in [0, 0.1) is 0 Å². The van der Waals surface area contributed by atoms with E-state index in [1.54, 1.807) is 0 Å². The molecule has 9 heteroatoms. The highest BCUT2D eigenvalue weighted by Gasteiger charge is 2.18. The first kappa shape index (κ1) is 25.0. The van der Waals surface area contributed by atoms with Crippen LogP contribution < -0.4 is 0 Å². The molecule has 194 valence electrons. The van der Waals surface area contributed by atoms with Gasteiger partial charge in [0.05, 0.1) is 13.2 Å². The largest absolute Gasteiger partial charge is 0.378 e. The Hall–Kier alpha value is -3.72. The number of fused-ring (bicyclic) bond motifs is 2. The Morgan fingerprint density at radius 3 is 1.76 bits per heavy atom. The number of rotatable bonds is 6. The Balaban J connectivity index is 0.000000152. The van der Waals surface area contributed by atoms with E-state index >= 15 is 0 Å². The summed E-state index contributed by atoms with van der Waals surface area (Å²) >= 11 is 0. The summed E-state index contributed by atoms with van der Waals surface area (Å²) in [6, 6.07) is 8.20. The SMILES string of the molecule is O=C(CCc1cnc2[nH]ccc2c1)N1CCCC1.O=C(CCc1cnc2[nH]ccc2c1)N1CCOCC1. The number of aryl methyl sites for hydroxylation is 2. The number of likely N-dealkylation sites (tertiary alicyclic amines) is 1. The first-order valence-corrected chi connectivity index (χ1v) is 13.1. The Labute approximate surface area is 216 Å². The Kier molecular flexibility index (Phi) is 8.10. The van der Waals surface area contributed by atoms with E-state index in [2.05, 4.69) is 32.1 Å². The third-order valence-electron chi connectivity index (χ3n) is 6.99. The van der Waals surface area contributed by atoms with Crippen molar-refractivity contribution in [1.29, 1.82) is 0 Å². The fraction of sp³-hybridized carbons (Fsp3) is 0.429. The standard InChI is InChI=1S/C14H17N3O2.C14H17N3O/c18-13(17-5-7-19-8-6-17)2-1-11-9-12-3-4-15-14(12)16-10-11;18-13(17-7-1-2-8-17)4-3-11-9-12-5-6-15-14(12)16-10-11/h3-4,9-10H,1-2,5-8H2,(H,15,16);5-6,9-10H,1-4,7-8H2,(H,15,16). The van der Waals surface area contributed by atoms with Crippen molar-refractivity contribution in [3.63, 3.8) is 0 Å². The van der Waals surface area contributed by atoms with Gasteiger partial charge in [-0.3, -0.25) is 9.59 Å². The molecule has 4 aromatic rings. The van der Waals surface area contributed by atoms with E-state index in [0.717, 1.165) is 72.0 Å². The van der Waals surface area contributed by atoms with Crippen LogP contribution in [0.3, 0.4) is 0 Å². The monoisotopic (exact) mass is 502 g/mol. The Morgan fingerprint density at radius 1 is 0.757 bits per heavy atom. The summed E-state index contributed by atoms with van der Waals surface area (Å²) in [6.45, 7) is 4.62. The number of hydrogen-bond donors (Lipinski definition) is 2. The number of carbonyl (C=O) groups excluding carboxylic acids is 2. The average molecular weight is 503 g/mol. The molecule has 0 aromatic carbocycles. The van der Waals surface area contributed by atoms with E-state index in [1.165, 1.54) is 0 Å². The van der Waals surface area contributed by atoms with Crippen molar-refractivity contribution in [2.45, 2.75) is 38.5 Å². The van der Waals surface area contributed by atoms with Gasteiger partial charge in [-0.25, -0.2) is 9.97 Å². The van der Waals surface area contributed by atoms with Gasteiger partial charge in [0, 0.05) is 74.6 Å². The molecule has 0 spiro atoms. The molecule has 0 atom stereocenters. The topological polar surface area (TPSA) is 107 Å². The van der Waals surface area contributed by atoms with Gasteiger partial charge in [-0.15, -0.1) is 0 Å². The lowest BCUT2D eigenvalue weighted by Crippen LogP contribution is -2.40. The van der Waals surface area contributed by atoms with E-state index in [4.69, 9.17) is 4.74 Å². The second kappa shape index (κ2) is 12.0. The number of morpholine rings is 1. The average Bonchev–Trinajstić information content (AvgIpc) is 3.72. The van der Waals surface area contributed by atoms with Crippen molar-refractivity contribution in [2.24, 2.45) is 0 Å². The first-order chi connectivity index (χ1) is 18.2. The van der Waals surface area contributed by atoms with E-state index in [-0.39, 0.29) is 11.8 Å². The van der Waals surface area contributed by atoms with Crippen molar-refractivity contribution in [2.75, 3.05) is 39.4 Å². The van der Waals surface area contributed by atoms with Gasteiger partial charge < -0.3 is 24.5 Å². The van der Waals surface area contributed by atoms with Gasteiger partial charge in [0.15, 0.2) is 0 Å². The number of aromatic nitrogens is 4. The molecule has 6 rings (SSSR count). The molecule has 0 aliphatic carbocycles. The smallest absolute Gasteiger partial charge is 0.223 e. The molecule has 2 aliphatic heterocycles. The number of aromatic amines is 2. The number of carbonyl (C=O) groups is 2. The van der Waals surface area contributed by atoms with Gasteiger partial charge >= 0.3 is 0 Å². The van der Waals surface area contributed by atoms with E-state index < -0.39 is 0 Å². The minimum Gasteiger partial charge on any atom is -0.378 e. The fourth-order valence-corrected chi connectivity index (χ4v) is 4.84. The molecule has 0 radical (unpaired) electrons. The van der Waals surface area contributed by atoms with Gasteiger partial charge in [-0.1, -0.05) is 0 Å². The van der Waals surface area contributed by atoms with Crippen LogP contribution in [0.2, 0.25) is 0 Å². The summed E-state index contributed by atoms with van der Waals surface area (Å²) in [5, 5.41) is 2.21. The van der Waals surface area contributed by atoms with E-state index in [0.29, 0.717) is 39.1 Å². The molecule has 2 fully saturated rings. The maximum atomic E-state index is 12.0. The molecular weight excluding hydrogens is 468 g/mol. The normalized spacial score (nSPS) is 15.7. The zero-order chi connectivity index (χ0) is 25.5. The lowest BCUT2D eigenvalue weighted by Gasteiger charge is -2.26. The zero-order valence-corrected chi connectivity index (χ0v) is 21.1. The summed E-state index contributed by atoms with van der Waals surface area (Å²) in [5.41, 5.74) is 4.04. The number of H-pyrrole nitrogens is 2. The van der Waals surface area contributed by atoms with Crippen LogP contribution in [0.1, 0.15) is 36.8 Å². The molecule has 0 saturated carbocycles. The molecule has 37 heavy (non-hydrogen) atoms. The van der Waals surface area contributed by atoms with Crippen LogP contribution in [0.15, 0.2) is 49.1 Å². The van der Waals surface area contributed by atoms with Gasteiger partial charge in [-0.05, 0) is 61.1 Å². The fourth-order valence-electron chi connectivity index (χ4n) is 4.84. The van der Waals surface area contributed by atoms with Crippen molar-refractivity contribution < 1.29 is 14.3 Å². The highest BCUT2D eigenvalue weighted by molar-refractivity contribution is 5.79. The van der Waals surface area contributed by atoms with Gasteiger partial charge in [0.25, 0.3) is 0 Å². The molecular formula is C28H34N6O3. The summed E-state index contributed by atoms with van der Waals surface area (Å²) < 4.78 is 5.24. The quantitative estimate of drug-likeness (QED) is 0.420. The Bertz CT molecular complexity index is 1330. The molecule has 6 heterocycles. The predicted octanol–water partition coefficient (Wildman–Crippen LogP) is 3.47. The minimum atomic E-state index is 0.206. The number of pyridine rings is 2. The first-order valence-electron chi connectivity index (χ1n) is 13.1. The van der Waals surface area contributed by atoms with Gasteiger partial charge in [0.1, 0.15) is 11.3 Å². The van der Waals surface area contributed by atoms with Gasteiger partial charge in [0.2, 0.25) is 11.8 Å². The molecule has 2 saturated heterocycles. The van der Waals surface area contributed by atoms with Crippen molar-refractivity contribution in [3.05, 3.63) is 60.2 Å². The maximum absolute atomic E-state index is 12.0. The molecule has 2 aliphatic rings. The molecule has 4 aromatic heterocycles. The third kappa shape index (κ3) is 6.54.